The molecule has 1 saturated carbocycles. The van der Waals surface area contributed by atoms with E-state index in [9.17, 15) is 4.79 Å². The Hall–Kier alpha value is -2.24. The first-order valence-corrected chi connectivity index (χ1v) is 12.7. The normalized spacial score (nSPS) is 40.5. The molecule has 2 bridgehead atoms. The van der Waals surface area contributed by atoms with Gasteiger partial charge in [-0.25, -0.2) is 9.37 Å². The van der Waals surface area contributed by atoms with E-state index in [1.165, 1.54) is 12.8 Å². The molecule has 0 aromatic carbocycles. The van der Waals surface area contributed by atoms with E-state index >= 15 is 4.39 Å². The number of fused-ring (bicyclic) bond motifs is 5. The third-order valence-electron chi connectivity index (χ3n) is 8.92. The van der Waals surface area contributed by atoms with Crippen molar-refractivity contribution in [1.29, 1.82) is 5.26 Å². The maximum Gasteiger partial charge on any atom is 0.224 e. The maximum absolute atomic E-state index is 15.5. The second kappa shape index (κ2) is 8.52. The van der Waals surface area contributed by atoms with Crippen LogP contribution in [-0.4, -0.2) is 72.3 Å². The minimum atomic E-state index is -0.853. The predicted octanol–water partition coefficient (Wildman–Crippen LogP) is 1.84. The van der Waals surface area contributed by atoms with Crippen LogP contribution in [0.4, 0.5) is 10.2 Å². The van der Waals surface area contributed by atoms with Crippen LogP contribution in [0.25, 0.3) is 0 Å². The van der Waals surface area contributed by atoms with E-state index in [-0.39, 0.29) is 35.7 Å². The zero-order valence-electron chi connectivity index (χ0n) is 19.0. The summed E-state index contributed by atoms with van der Waals surface area (Å²) in [6.07, 6.45) is 6.50. The minimum absolute atomic E-state index is 0.00750. The summed E-state index contributed by atoms with van der Waals surface area (Å²) < 4.78 is 15.5. The highest BCUT2D eigenvalue weighted by atomic mass is 19.1. The number of carbonyl (C=O) groups excluding carboxylic acids is 1. The number of amides is 1. The SMILES string of the molecule is N#Cc1ccc(N2CC3CCC(C2)N3CC2CC(F)C3C(C2)NC(=O)C2CCCNC23)nc1. The molecular formula is C25H33FN6O. The molecule has 8 unspecified atom stereocenters. The number of rotatable bonds is 3. The van der Waals surface area contributed by atoms with E-state index in [1.807, 2.05) is 12.1 Å². The van der Waals surface area contributed by atoms with Crippen molar-refractivity contribution in [3.8, 4) is 6.07 Å². The van der Waals surface area contributed by atoms with Gasteiger partial charge < -0.3 is 15.5 Å². The Balaban J connectivity index is 1.11. The Morgan fingerprint density at radius 3 is 2.73 bits per heavy atom. The van der Waals surface area contributed by atoms with Crippen LogP contribution in [0.15, 0.2) is 18.3 Å². The largest absolute Gasteiger partial charge is 0.353 e. The van der Waals surface area contributed by atoms with E-state index in [2.05, 4.69) is 31.5 Å². The van der Waals surface area contributed by atoms with Crippen molar-refractivity contribution in [3.63, 3.8) is 0 Å². The van der Waals surface area contributed by atoms with Gasteiger partial charge in [0.1, 0.15) is 18.1 Å². The van der Waals surface area contributed by atoms with Crippen molar-refractivity contribution in [1.82, 2.24) is 20.5 Å². The van der Waals surface area contributed by atoms with E-state index in [0.717, 1.165) is 51.3 Å². The lowest BCUT2D eigenvalue weighted by Gasteiger charge is -2.51. The van der Waals surface area contributed by atoms with Crippen LogP contribution in [0.3, 0.4) is 0 Å². The molecule has 5 fully saturated rings. The van der Waals surface area contributed by atoms with Gasteiger partial charge >= 0.3 is 0 Å². The lowest BCUT2D eigenvalue weighted by molar-refractivity contribution is -0.135. The Labute approximate surface area is 194 Å². The van der Waals surface area contributed by atoms with Gasteiger partial charge in [-0.05, 0) is 63.1 Å². The lowest BCUT2D eigenvalue weighted by Crippen LogP contribution is -2.67. The van der Waals surface area contributed by atoms with Crippen molar-refractivity contribution < 1.29 is 9.18 Å². The van der Waals surface area contributed by atoms with Gasteiger partial charge in [0.05, 0.1) is 11.5 Å². The Bertz CT molecular complexity index is 920. The van der Waals surface area contributed by atoms with Crippen LogP contribution in [-0.2, 0) is 4.79 Å². The fourth-order valence-corrected chi connectivity index (χ4v) is 7.43. The summed E-state index contributed by atoms with van der Waals surface area (Å²) in [7, 11) is 0. The molecule has 7 nitrogen and oxygen atoms in total. The number of nitrogens with one attached hydrogen (secondary N) is 2. The number of alkyl halides is 1. The lowest BCUT2D eigenvalue weighted by atomic mass is 9.66. The zero-order valence-corrected chi connectivity index (χ0v) is 19.0. The highest BCUT2D eigenvalue weighted by Crippen LogP contribution is 2.42. The summed E-state index contributed by atoms with van der Waals surface area (Å²) in [5.74, 6) is 1.21. The average Bonchev–Trinajstić information content (AvgIpc) is 3.05. The molecule has 5 heterocycles. The molecule has 1 aromatic rings. The number of hydrogen-bond donors (Lipinski definition) is 2. The van der Waals surface area contributed by atoms with E-state index in [1.54, 1.807) is 6.20 Å². The van der Waals surface area contributed by atoms with Gasteiger partial charge in [-0.1, -0.05) is 0 Å². The summed E-state index contributed by atoms with van der Waals surface area (Å²) in [4.78, 5) is 22.1. The molecule has 6 rings (SSSR count). The standard InChI is InChI=1S/C25H33FN6O/c26-20-8-16(9-21-23(20)24-19(25(33)30-21)2-1-7-28-24)12-32-17-4-5-18(32)14-31(13-17)22-6-3-15(10-27)11-29-22/h3,6,11,16-21,23-24,28H,1-2,4-5,7-9,12-14H2,(H,30,33). The molecular weight excluding hydrogens is 419 g/mol. The van der Waals surface area contributed by atoms with Crippen LogP contribution >= 0.6 is 0 Å². The molecule has 0 spiro atoms. The molecule has 1 aromatic heterocycles. The van der Waals surface area contributed by atoms with E-state index in [0.29, 0.717) is 24.1 Å². The summed E-state index contributed by atoms with van der Waals surface area (Å²) >= 11 is 0. The van der Waals surface area contributed by atoms with Gasteiger partial charge in [0.2, 0.25) is 5.91 Å². The predicted molar refractivity (Wildman–Crippen MR) is 122 cm³/mol. The molecule has 1 aliphatic carbocycles. The van der Waals surface area contributed by atoms with Crippen molar-refractivity contribution in [2.45, 2.75) is 68.9 Å². The fraction of sp³-hybridized carbons (Fsp3) is 0.720. The van der Waals surface area contributed by atoms with Crippen molar-refractivity contribution in [2.75, 3.05) is 31.1 Å². The van der Waals surface area contributed by atoms with Gasteiger partial charge in [-0.3, -0.25) is 9.69 Å². The fourth-order valence-electron chi connectivity index (χ4n) is 7.43. The topological polar surface area (TPSA) is 84.3 Å². The number of piperidine rings is 2. The number of pyridine rings is 1. The number of anilines is 1. The van der Waals surface area contributed by atoms with Crippen molar-refractivity contribution in [3.05, 3.63) is 23.9 Å². The van der Waals surface area contributed by atoms with Gasteiger partial charge in [-0.15, -0.1) is 0 Å². The number of piperazine rings is 1. The highest BCUT2D eigenvalue weighted by molar-refractivity contribution is 5.81. The first-order valence-electron chi connectivity index (χ1n) is 12.7. The second-order valence-corrected chi connectivity index (χ2v) is 10.8. The molecule has 8 heteroatoms. The van der Waals surface area contributed by atoms with Gasteiger partial charge in [0.25, 0.3) is 0 Å². The van der Waals surface area contributed by atoms with Gasteiger partial charge in [-0.2, -0.15) is 5.26 Å². The number of halogens is 1. The Kier molecular flexibility index (Phi) is 5.50. The van der Waals surface area contributed by atoms with Crippen LogP contribution in [0, 0.1) is 29.1 Å². The molecule has 176 valence electrons. The Morgan fingerprint density at radius 2 is 2.00 bits per heavy atom. The quantitative estimate of drug-likeness (QED) is 0.728. The van der Waals surface area contributed by atoms with Crippen LogP contribution in [0.5, 0.6) is 0 Å². The smallest absolute Gasteiger partial charge is 0.224 e. The number of aromatic nitrogens is 1. The summed E-state index contributed by atoms with van der Waals surface area (Å²) in [6.45, 7) is 3.68. The van der Waals surface area contributed by atoms with Crippen molar-refractivity contribution in [2.24, 2.45) is 17.8 Å². The number of nitrogens with zero attached hydrogens (tertiary/aromatic N) is 4. The summed E-state index contributed by atoms with van der Waals surface area (Å²) in [6, 6.07) is 6.80. The first-order chi connectivity index (χ1) is 16.1. The monoisotopic (exact) mass is 452 g/mol. The summed E-state index contributed by atoms with van der Waals surface area (Å²) in [5, 5.41) is 15.7. The van der Waals surface area contributed by atoms with E-state index in [4.69, 9.17) is 5.26 Å². The number of carbonyl (C=O) groups is 1. The van der Waals surface area contributed by atoms with Crippen LogP contribution in [0.2, 0.25) is 0 Å². The minimum Gasteiger partial charge on any atom is -0.353 e. The number of nitriles is 1. The highest BCUT2D eigenvalue weighted by Gasteiger charge is 2.52. The molecule has 8 atom stereocenters. The van der Waals surface area contributed by atoms with Crippen LogP contribution < -0.4 is 15.5 Å². The maximum atomic E-state index is 15.5. The van der Waals surface area contributed by atoms with Gasteiger partial charge in [0.15, 0.2) is 0 Å². The zero-order chi connectivity index (χ0) is 22.5. The molecule has 2 N–H and O–H groups in total. The second-order valence-electron chi connectivity index (χ2n) is 10.8. The average molecular weight is 453 g/mol. The molecule has 4 aliphatic heterocycles. The van der Waals surface area contributed by atoms with E-state index < -0.39 is 6.17 Å². The molecule has 4 saturated heterocycles. The molecule has 5 aliphatic rings. The van der Waals surface area contributed by atoms with Crippen LogP contribution in [0.1, 0.15) is 44.1 Å². The summed E-state index contributed by atoms with van der Waals surface area (Å²) in [5.41, 5.74) is 0.585. The third-order valence-corrected chi connectivity index (χ3v) is 8.92. The number of hydrogen-bond acceptors (Lipinski definition) is 6. The Morgan fingerprint density at radius 1 is 1.18 bits per heavy atom. The molecule has 33 heavy (non-hydrogen) atoms. The van der Waals surface area contributed by atoms with Crippen molar-refractivity contribution >= 4 is 11.7 Å². The third kappa shape index (κ3) is 3.79. The first kappa shape index (κ1) is 21.3. The van der Waals surface area contributed by atoms with Gasteiger partial charge in [0, 0.05) is 55.9 Å². The molecule has 1 amide bonds. The molecule has 0 radical (unpaired) electrons.